The molecule has 27 heavy (non-hydrogen) atoms. The molecule has 0 heterocycles. The monoisotopic (exact) mass is 470 g/mol. The summed E-state index contributed by atoms with van der Waals surface area (Å²) in [6.45, 7) is 3.85. The van der Waals surface area contributed by atoms with Gasteiger partial charge in [0.25, 0.3) is 11.8 Å². The van der Waals surface area contributed by atoms with Crippen LogP contribution in [0.5, 0.6) is 0 Å². The first-order valence-corrected chi connectivity index (χ1v) is 9.56. The van der Waals surface area contributed by atoms with Gasteiger partial charge in [-0.25, -0.2) is 0 Å². The van der Waals surface area contributed by atoms with Gasteiger partial charge in [0, 0.05) is 14.8 Å². The Morgan fingerprint density at radius 1 is 0.778 bits per heavy atom. The molecule has 0 aromatic heterocycles. The van der Waals surface area contributed by atoms with Crippen LogP contribution in [-0.2, 0) is 0 Å². The van der Waals surface area contributed by atoms with Crippen LogP contribution in [0.15, 0.2) is 66.7 Å². The summed E-state index contributed by atoms with van der Waals surface area (Å²) in [7, 11) is 0. The standard InChI is InChI=1S/C22H19IN2O2/c1-14-6-5-8-17(12-14)24-22(27)19-13-16(23)10-11-20(19)25-21(26)18-9-4-3-7-15(18)2/h3-13H,1-2H3,(H,24,27)(H,25,26). The molecule has 136 valence electrons. The Labute approximate surface area is 172 Å². The van der Waals surface area contributed by atoms with E-state index >= 15 is 0 Å². The van der Waals surface area contributed by atoms with Crippen LogP contribution in [0.4, 0.5) is 11.4 Å². The SMILES string of the molecule is Cc1cccc(NC(=O)c2cc(I)ccc2NC(=O)c2ccccc2C)c1. The molecule has 0 saturated carbocycles. The van der Waals surface area contributed by atoms with Crippen molar-refractivity contribution < 1.29 is 9.59 Å². The van der Waals surface area contributed by atoms with Crippen molar-refractivity contribution >= 4 is 45.8 Å². The molecule has 0 radical (unpaired) electrons. The van der Waals surface area contributed by atoms with Crippen LogP contribution in [0.2, 0.25) is 0 Å². The van der Waals surface area contributed by atoms with E-state index in [2.05, 4.69) is 33.2 Å². The Morgan fingerprint density at radius 3 is 2.26 bits per heavy atom. The number of halogens is 1. The molecule has 0 spiro atoms. The molecule has 0 fully saturated rings. The minimum atomic E-state index is -0.265. The molecule has 2 N–H and O–H groups in total. The van der Waals surface area contributed by atoms with Crippen molar-refractivity contribution in [1.82, 2.24) is 0 Å². The van der Waals surface area contributed by atoms with E-state index in [0.717, 1.165) is 20.4 Å². The molecule has 3 aromatic rings. The lowest BCUT2D eigenvalue weighted by Gasteiger charge is -2.13. The predicted molar refractivity (Wildman–Crippen MR) is 117 cm³/mol. The molecular formula is C22H19IN2O2. The molecule has 0 aliphatic heterocycles. The maximum absolute atomic E-state index is 12.8. The van der Waals surface area contributed by atoms with E-state index in [1.165, 1.54) is 0 Å². The first-order chi connectivity index (χ1) is 12.9. The molecule has 0 saturated heterocycles. The van der Waals surface area contributed by atoms with Crippen molar-refractivity contribution in [3.63, 3.8) is 0 Å². The van der Waals surface area contributed by atoms with Crippen LogP contribution in [0.25, 0.3) is 0 Å². The Bertz CT molecular complexity index is 1010. The number of nitrogens with one attached hydrogen (secondary N) is 2. The van der Waals surface area contributed by atoms with Gasteiger partial charge in [-0.05, 0) is 84.0 Å². The second-order valence-electron chi connectivity index (χ2n) is 6.28. The lowest BCUT2D eigenvalue weighted by molar-refractivity contribution is 0.102. The third-order valence-corrected chi connectivity index (χ3v) is 4.81. The summed E-state index contributed by atoms with van der Waals surface area (Å²) in [5.74, 6) is -0.502. The van der Waals surface area contributed by atoms with Gasteiger partial charge < -0.3 is 10.6 Å². The summed E-state index contributed by atoms with van der Waals surface area (Å²) in [6, 6.07) is 20.3. The number of anilines is 2. The van der Waals surface area contributed by atoms with Gasteiger partial charge in [0.2, 0.25) is 0 Å². The zero-order valence-electron chi connectivity index (χ0n) is 15.0. The van der Waals surface area contributed by atoms with Crippen LogP contribution in [0.3, 0.4) is 0 Å². The lowest BCUT2D eigenvalue weighted by Crippen LogP contribution is -2.19. The van der Waals surface area contributed by atoms with Gasteiger partial charge in [0.05, 0.1) is 11.3 Å². The molecule has 0 bridgehead atoms. The van der Waals surface area contributed by atoms with Crippen molar-refractivity contribution in [1.29, 1.82) is 0 Å². The summed E-state index contributed by atoms with van der Waals surface area (Å²) in [5.41, 5.74) is 4.14. The first kappa shape index (κ1) is 19.1. The van der Waals surface area contributed by atoms with Crippen LogP contribution in [0.1, 0.15) is 31.8 Å². The molecule has 3 aromatic carbocycles. The third kappa shape index (κ3) is 4.74. The summed E-state index contributed by atoms with van der Waals surface area (Å²) >= 11 is 2.15. The van der Waals surface area contributed by atoms with E-state index in [9.17, 15) is 9.59 Å². The maximum atomic E-state index is 12.8. The Hall–Kier alpha value is -2.67. The highest BCUT2D eigenvalue weighted by Crippen LogP contribution is 2.22. The van der Waals surface area contributed by atoms with Crippen molar-refractivity contribution in [3.8, 4) is 0 Å². The third-order valence-electron chi connectivity index (χ3n) is 4.14. The normalized spacial score (nSPS) is 10.3. The van der Waals surface area contributed by atoms with Gasteiger partial charge in [0.15, 0.2) is 0 Å². The number of benzene rings is 3. The number of carbonyl (C=O) groups is 2. The number of hydrogen-bond acceptors (Lipinski definition) is 2. The van der Waals surface area contributed by atoms with Crippen molar-refractivity contribution in [3.05, 3.63) is 92.6 Å². The number of hydrogen-bond donors (Lipinski definition) is 2. The molecule has 0 aliphatic rings. The van der Waals surface area contributed by atoms with E-state index in [1.54, 1.807) is 18.2 Å². The highest BCUT2D eigenvalue weighted by atomic mass is 127. The minimum absolute atomic E-state index is 0.237. The Kier molecular flexibility index (Phi) is 5.91. The van der Waals surface area contributed by atoms with Crippen LogP contribution in [0, 0.1) is 17.4 Å². The van der Waals surface area contributed by atoms with Crippen molar-refractivity contribution in [2.24, 2.45) is 0 Å². The topological polar surface area (TPSA) is 58.2 Å². The fourth-order valence-corrected chi connectivity index (χ4v) is 3.24. The van der Waals surface area contributed by atoms with Crippen LogP contribution >= 0.6 is 22.6 Å². The zero-order valence-corrected chi connectivity index (χ0v) is 17.2. The number of rotatable bonds is 4. The van der Waals surface area contributed by atoms with Gasteiger partial charge >= 0.3 is 0 Å². The van der Waals surface area contributed by atoms with E-state index in [-0.39, 0.29) is 11.8 Å². The molecule has 0 atom stereocenters. The summed E-state index contributed by atoms with van der Waals surface area (Å²) < 4.78 is 0.913. The first-order valence-electron chi connectivity index (χ1n) is 8.48. The summed E-state index contributed by atoms with van der Waals surface area (Å²) in [5, 5.41) is 5.77. The molecular weight excluding hydrogens is 451 g/mol. The molecule has 2 amide bonds. The molecule has 5 heteroatoms. The van der Waals surface area contributed by atoms with E-state index in [0.29, 0.717) is 16.8 Å². The van der Waals surface area contributed by atoms with Gasteiger partial charge in [-0.2, -0.15) is 0 Å². The van der Waals surface area contributed by atoms with Crippen LogP contribution in [-0.4, -0.2) is 11.8 Å². The van der Waals surface area contributed by atoms with Crippen molar-refractivity contribution in [2.45, 2.75) is 13.8 Å². The lowest BCUT2D eigenvalue weighted by atomic mass is 10.1. The largest absolute Gasteiger partial charge is 0.322 e. The Balaban J connectivity index is 1.88. The maximum Gasteiger partial charge on any atom is 0.257 e. The van der Waals surface area contributed by atoms with Gasteiger partial charge in [-0.3, -0.25) is 9.59 Å². The van der Waals surface area contributed by atoms with Crippen LogP contribution < -0.4 is 10.6 Å². The quantitative estimate of drug-likeness (QED) is 0.501. The minimum Gasteiger partial charge on any atom is -0.322 e. The number of amides is 2. The zero-order chi connectivity index (χ0) is 19.4. The predicted octanol–water partition coefficient (Wildman–Crippen LogP) is 5.41. The fraction of sp³-hybridized carbons (Fsp3) is 0.0909. The van der Waals surface area contributed by atoms with Crippen molar-refractivity contribution in [2.75, 3.05) is 10.6 Å². The molecule has 0 unspecified atom stereocenters. The van der Waals surface area contributed by atoms with Gasteiger partial charge in [0.1, 0.15) is 0 Å². The molecule has 3 rings (SSSR count). The molecule has 4 nitrogen and oxygen atoms in total. The van der Waals surface area contributed by atoms with E-state index < -0.39 is 0 Å². The van der Waals surface area contributed by atoms with E-state index in [4.69, 9.17) is 0 Å². The average molecular weight is 470 g/mol. The fourth-order valence-electron chi connectivity index (χ4n) is 2.75. The highest BCUT2D eigenvalue weighted by molar-refractivity contribution is 14.1. The van der Waals surface area contributed by atoms with Gasteiger partial charge in [-0.1, -0.05) is 30.3 Å². The summed E-state index contributed by atoms with van der Waals surface area (Å²) in [6.07, 6.45) is 0. The second kappa shape index (κ2) is 8.35. The molecule has 0 aliphatic carbocycles. The van der Waals surface area contributed by atoms with E-state index in [1.807, 2.05) is 62.4 Å². The summed E-state index contributed by atoms with van der Waals surface area (Å²) in [4.78, 5) is 25.5. The second-order valence-corrected chi connectivity index (χ2v) is 7.53. The van der Waals surface area contributed by atoms with Gasteiger partial charge in [-0.15, -0.1) is 0 Å². The smallest absolute Gasteiger partial charge is 0.257 e. The highest BCUT2D eigenvalue weighted by Gasteiger charge is 2.16. The number of aryl methyl sites for hydroxylation is 2. The average Bonchev–Trinajstić information content (AvgIpc) is 2.63. The number of carbonyl (C=O) groups excluding carboxylic acids is 2. The Morgan fingerprint density at radius 2 is 1.52 bits per heavy atom.